The van der Waals surface area contributed by atoms with Crippen molar-refractivity contribution in [2.75, 3.05) is 5.32 Å². The van der Waals surface area contributed by atoms with Gasteiger partial charge in [-0.15, -0.1) is 0 Å². The van der Waals surface area contributed by atoms with E-state index in [-0.39, 0.29) is 16.8 Å². The van der Waals surface area contributed by atoms with Gasteiger partial charge in [0.25, 0.3) is 0 Å². The van der Waals surface area contributed by atoms with Crippen molar-refractivity contribution in [3.63, 3.8) is 0 Å². The van der Waals surface area contributed by atoms with Crippen LogP contribution in [0, 0.1) is 0 Å². The van der Waals surface area contributed by atoms with Gasteiger partial charge in [-0.25, -0.2) is 13.1 Å². The number of amides is 1. The minimum atomic E-state index is -3.56. The maximum atomic E-state index is 12.1. The van der Waals surface area contributed by atoms with Crippen LogP contribution in [-0.4, -0.2) is 20.4 Å². The van der Waals surface area contributed by atoms with Crippen molar-refractivity contribution in [2.24, 2.45) is 0 Å². The fourth-order valence-electron chi connectivity index (χ4n) is 2.08. The van der Waals surface area contributed by atoms with E-state index in [4.69, 9.17) is 23.2 Å². The quantitative estimate of drug-likeness (QED) is 0.693. The Labute approximate surface area is 163 Å². The molecule has 0 aliphatic rings. The lowest BCUT2D eigenvalue weighted by Crippen LogP contribution is -2.30. The summed E-state index contributed by atoms with van der Waals surface area (Å²) in [6.45, 7) is 3.48. The summed E-state index contributed by atoms with van der Waals surface area (Å²) in [5.41, 5.74) is 1.14. The van der Waals surface area contributed by atoms with Gasteiger partial charge in [-0.2, -0.15) is 0 Å². The number of anilines is 1. The molecule has 0 saturated carbocycles. The summed E-state index contributed by atoms with van der Waals surface area (Å²) >= 11 is 11.9. The van der Waals surface area contributed by atoms with Crippen LogP contribution in [0.25, 0.3) is 6.08 Å². The molecule has 0 radical (unpaired) electrons. The highest BCUT2D eigenvalue weighted by Crippen LogP contribution is 2.22. The lowest BCUT2D eigenvalue weighted by atomic mass is 10.2. The molecule has 5 nitrogen and oxygen atoms in total. The Morgan fingerprint density at radius 1 is 1.08 bits per heavy atom. The number of carbonyl (C=O) groups excluding carboxylic acids is 1. The van der Waals surface area contributed by atoms with Gasteiger partial charge in [-0.05, 0) is 61.9 Å². The average Bonchev–Trinajstić information content (AvgIpc) is 2.53. The normalized spacial score (nSPS) is 11.9. The van der Waals surface area contributed by atoms with Crippen molar-refractivity contribution in [2.45, 2.75) is 24.8 Å². The Balaban J connectivity index is 2.04. The summed E-state index contributed by atoms with van der Waals surface area (Å²) in [5.74, 6) is -0.369. The summed E-state index contributed by atoms with van der Waals surface area (Å²) in [5, 5.41) is 3.60. The van der Waals surface area contributed by atoms with Crippen LogP contribution in [0.2, 0.25) is 10.0 Å². The van der Waals surface area contributed by atoms with E-state index >= 15 is 0 Å². The fourth-order valence-corrected chi connectivity index (χ4v) is 3.80. The van der Waals surface area contributed by atoms with E-state index in [1.807, 2.05) is 0 Å². The molecule has 138 valence electrons. The highest BCUT2D eigenvalue weighted by Gasteiger charge is 2.14. The monoisotopic (exact) mass is 412 g/mol. The van der Waals surface area contributed by atoms with E-state index in [9.17, 15) is 13.2 Å². The molecule has 0 fully saturated rings. The summed E-state index contributed by atoms with van der Waals surface area (Å²) < 4.78 is 26.6. The number of rotatable bonds is 6. The largest absolute Gasteiger partial charge is 0.323 e. The first kappa shape index (κ1) is 20.5. The van der Waals surface area contributed by atoms with Crippen molar-refractivity contribution < 1.29 is 13.2 Å². The molecule has 0 aliphatic heterocycles. The van der Waals surface area contributed by atoms with E-state index < -0.39 is 10.0 Å². The second-order valence-electron chi connectivity index (χ2n) is 5.79. The highest BCUT2D eigenvalue weighted by atomic mass is 35.5. The number of hydrogen-bond donors (Lipinski definition) is 2. The third-order valence-corrected chi connectivity index (χ3v) is 5.44. The fraction of sp³-hybridized carbons (Fsp3) is 0.167. The minimum absolute atomic E-state index is 0.132. The zero-order chi connectivity index (χ0) is 19.3. The Morgan fingerprint density at radius 3 is 2.31 bits per heavy atom. The molecule has 26 heavy (non-hydrogen) atoms. The van der Waals surface area contributed by atoms with Crippen molar-refractivity contribution in [1.82, 2.24) is 4.72 Å². The van der Waals surface area contributed by atoms with Gasteiger partial charge in [-0.3, -0.25) is 4.79 Å². The lowest BCUT2D eigenvalue weighted by Gasteiger charge is -2.10. The maximum absolute atomic E-state index is 12.1. The number of nitrogens with one attached hydrogen (secondary N) is 2. The molecule has 1 amide bonds. The van der Waals surface area contributed by atoms with Gasteiger partial charge in [0, 0.05) is 27.9 Å². The van der Waals surface area contributed by atoms with E-state index in [0.29, 0.717) is 21.3 Å². The number of sulfonamides is 1. The van der Waals surface area contributed by atoms with Crippen molar-refractivity contribution in [3.8, 4) is 0 Å². The Kier molecular flexibility index (Phi) is 6.83. The van der Waals surface area contributed by atoms with Gasteiger partial charge in [0.2, 0.25) is 15.9 Å². The molecule has 0 bridgehead atoms. The van der Waals surface area contributed by atoms with Gasteiger partial charge in [-0.1, -0.05) is 29.3 Å². The van der Waals surface area contributed by atoms with Crippen LogP contribution in [0.5, 0.6) is 0 Å². The second kappa shape index (κ2) is 8.68. The van der Waals surface area contributed by atoms with Gasteiger partial charge in [0.05, 0.1) is 4.90 Å². The van der Waals surface area contributed by atoms with Crippen LogP contribution in [0.3, 0.4) is 0 Å². The number of halogens is 2. The van der Waals surface area contributed by atoms with E-state index in [0.717, 1.165) is 0 Å². The van der Waals surface area contributed by atoms with Crippen LogP contribution in [0.1, 0.15) is 19.4 Å². The van der Waals surface area contributed by atoms with Gasteiger partial charge >= 0.3 is 0 Å². The molecular formula is C18H18Cl2N2O3S. The van der Waals surface area contributed by atoms with Crippen molar-refractivity contribution in [1.29, 1.82) is 0 Å². The summed E-state index contributed by atoms with van der Waals surface area (Å²) in [7, 11) is -3.56. The first-order valence-corrected chi connectivity index (χ1v) is 9.98. The minimum Gasteiger partial charge on any atom is -0.323 e. The molecule has 2 aromatic carbocycles. The predicted molar refractivity (Wildman–Crippen MR) is 106 cm³/mol. The van der Waals surface area contributed by atoms with E-state index in [1.165, 1.54) is 30.3 Å². The first-order chi connectivity index (χ1) is 12.2. The molecule has 0 heterocycles. The Hall–Kier alpha value is -1.86. The molecule has 2 rings (SSSR count). The third kappa shape index (κ3) is 5.85. The zero-order valence-electron chi connectivity index (χ0n) is 14.2. The van der Waals surface area contributed by atoms with Gasteiger partial charge < -0.3 is 5.32 Å². The van der Waals surface area contributed by atoms with Crippen LogP contribution >= 0.6 is 23.2 Å². The molecule has 0 spiro atoms. The predicted octanol–water partition coefficient (Wildman–Crippen LogP) is 4.33. The van der Waals surface area contributed by atoms with Crippen LogP contribution < -0.4 is 10.0 Å². The van der Waals surface area contributed by atoms with Gasteiger partial charge in [0.1, 0.15) is 0 Å². The molecule has 0 aliphatic carbocycles. The molecule has 8 heteroatoms. The first-order valence-electron chi connectivity index (χ1n) is 7.74. The van der Waals surface area contributed by atoms with E-state index in [1.54, 1.807) is 38.1 Å². The third-order valence-electron chi connectivity index (χ3n) is 3.20. The van der Waals surface area contributed by atoms with Crippen LogP contribution in [0.15, 0.2) is 53.4 Å². The van der Waals surface area contributed by atoms with Gasteiger partial charge in [0.15, 0.2) is 0 Å². The van der Waals surface area contributed by atoms with Crippen LogP contribution in [0.4, 0.5) is 5.69 Å². The van der Waals surface area contributed by atoms with E-state index in [2.05, 4.69) is 10.0 Å². The zero-order valence-corrected chi connectivity index (χ0v) is 16.5. The SMILES string of the molecule is CC(C)NS(=O)(=O)c1ccc(NC(=O)/C=C/c2ccc(Cl)cc2Cl)cc1. The topological polar surface area (TPSA) is 75.3 Å². The lowest BCUT2D eigenvalue weighted by molar-refractivity contribution is -0.111. The molecule has 2 aromatic rings. The number of benzene rings is 2. The standard InChI is InChI=1S/C18H18Cl2N2O3S/c1-12(2)22-26(24,25)16-8-6-15(7-9-16)21-18(23)10-4-13-3-5-14(19)11-17(13)20/h3-12,22H,1-2H3,(H,21,23)/b10-4+. The Morgan fingerprint density at radius 2 is 1.73 bits per heavy atom. The van der Waals surface area contributed by atoms with Crippen molar-refractivity contribution in [3.05, 3.63) is 64.1 Å². The summed E-state index contributed by atoms with van der Waals surface area (Å²) in [6, 6.07) is 10.7. The summed E-state index contributed by atoms with van der Waals surface area (Å²) in [6.07, 6.45) is 2.90. The molecular weight excluding hydrogens is 395 g/mol. The molecule has 0 aromatic heterocycles. The number of carbonyl (C=O) groups is 1. The molecule has 2 N–H and O–H groups in total. The second-order valence-corrected chi connectivity index (χ2v) is 8.35. The molecule has 0 atom stereocenters. The average molecular weight is 413 g/mol. The molecule has 0 unspecified atom stereocenters. The van der Waals surface area contributed by atoms with Crippen LogP contribution in [-0.2, 0) is 14.8 Å². The summed E-state index contributed by atoms with van der Waals surface area (Å²) in [4.78, 5) is 12.1. The van der Waals surface area contributed by atoms with Crippen molar-refractivity contribution >= 4 is 50.9 Å². The Bertz CT molecular complexity index is 924. The number of hydrogen-bond acceptors (Lipinski definition) is 3. The smallest absolute Gasteiger partial charge is 0.248 e. The molecule has 0 saturated heterocycles. The maximum Gasteiger partial charge on any atom is 0.248 e. The highest BCUT2D eigenvalue weighted by molar-refractivity contribution is 7.89.